The normalized spacial score (nSPS) is 12.6. The Kier molecular flexibility index (Phi) is 4.09. The minimum absolute atomic E-state index is 0.152. The molecule has 0 bridgehead atoms. The molecule has 0 saturated carbocycles. The summed E-state index contributed by atoms with van der Waals surface area (Å²) >= 11 is 0. The lowest BCUT2D eigenvalue weighted by Gasteiger charge is -2.14. The van der Waals surface area contributed by atoms with Crippen LogP contribution in [0.4, 0.5) is 4.39 Å². The quantitative estimate of drug-likeness (QED) is 0.830. The molecule has 1 atom stereocenters. The van der Waals surface area contributed by atoms with Crippen molar-refractivity contribution in [3.05, 3.63) is 29.1 Å². The lowest BCUT2D eigenvalue weighted by Crippen LogP contribution is -2.06. The fraction of sp³-hybridized carbons (Fsp3) is 0.500. The van der Waals surface area contributed by atoms with Crippen LogP contribution < -0.4 is 10.5 Å². The molecule has 0 spiro atoms. The third kappa shape index (κ3) is 2.69. The topological polar surface area (TPSA) is 35.2 Å². The van der Waals surface area contributed by atoms with Crippen LogP contribution in [-0.2, 0) is 0 Å². The summed E-state index contributed by atoms with van der Waals surface area (Å²) in [6, 6.07) is 3.28. The SMILES string of the molecule is COc1cc(F)c(C(C)CCN)cc1C. The van der Waals surface area contributed by atoms with Crippen LogP contribution in [0.2, 0.25) is 0 Å². The van der Waals surface area contributed by atoms with Crippen LogP contribution in [0.5, 0.6) is 5.75 Å². The first kappa shape index (κ1) is 12.0. The average molecular weight is 211 g/mol. The molecule has 3 heteroatoms. The second-order valence-corrected chi connectivity index (χ2v) is 3.82. The number of hydrogen-bond acceptors (Lipinski definition) is 2. The molecule has 0 radical (unpaired) electrons. The van der Waals surface area contributed by atoms with Crippen molar-refractivity contribution in [2.24, 2.45) is 5.73 Å². The van der Waals surface area contributed by atoms with Gasteiger partial charge in [0, 0.05) is 6.07 Å². The van der Waals surface area contributed by atoms with E-state index in [1.165, 1.54) is 6.07 Å². The Morgan fingerprint density at radius 2 is 2.13 bits per heavy atom. The van der Waals surface area contributed by atoms with E-state index in [2.05, 4.69) is 0 Å². The van der Waals surface area contributed by atoms with Gasteiger partial charge in [-0.2, -0.15) is 0 Å². The van der Waals surface area contributed by atoms with Crippen molar-refractivity contribution in [3.63, 3.8) is 0 Å². The van der Waals surface area contributed by atoms with Gasteiger partial charge >= 0.3 is 0 Å². The van der Waals surface area contributed by atoms with Gasteiger partial charge in [-0.3, -0.25) is 0 Å². The number of nitrogens with two attached hydrogens (primary N) is 1. The fourth-order valence-electron chi connectivity index (χ4n) is 1.69. The van der Waals surface area contributed by atoms with Crippen LogP contribution >= 0.6 is 0 Å². The lowest BCUT2D eigenvalue weighted by molar-refractivity contribution is 0.407. The summed E-state index contributed by atoms with van der Waals surface area (Å²) < 4.78 is 18.7. The number of rotatable bonds is 4. The summed E-state index contributed by atoms with van der Waals surface area (Å²) in [4.78, 5) is 0. The molecule has 0 aliphatic carbocycles. The smallest absolute Gasteiger partial charge is 0.130 e. The van der Waals surface area contributed by atoms with Crippen LogP contribution in [0, 0.1) is 12.7 Å². The summed E-state index contributed by atoms with van der Waals surface area (Å²) in [5.41, 5.74) is 7.14. The van der Waals surface area contributed by atoms with Gasteiger partial charge in [-0.05, 0) is 43.0 Å². The minimum atomic E-state index is -0.210. The minimum Gasteiger partial charge on any atom is -0.496 e. The van der Waals surface area contributed by atoms with Crippen LogP contribution in [0.1, 0.15) is 30.4 Å². The molecule has 84 valence electrons. The van der Waals surface area contributed by atoms with Gasteiger partial charge in [-0.15, -0.1) is 0 Å². The van der Waals surface area contributed by atoms with Crippen molar-refractivity contribution in [3.8, 4) is 5.75 Å². The maximum Gasteiger partial charge on any atom is 0.130 e. The fourth-order valence-corrected chi connectivity index (χ4v) is 1.69. The Morgan fingerprint density at radius 3 is 2.67 bits per heavy atom. The summed E-state index contributed by atoms with van der Waals surface area (Å²) in [6.07, 6.45) is 0.794. The van der Waals surface area contributed by atoms with Gasteiger partial charge in [0.1, 0.15) is 11.6 Å². The molecule has 15 heavy (non-hydrogen) atoms. The van der Waals surface area contributed by atoms with E-state index in [9.17, 15) is 4.39 Å². The van der Waals surface area contributed by atoms with Gasteiger partial charge in [-0.25, -0.2) is 4.39 Å². The molecule has 0 aliphatic heterocycles. The Labute approximate surface area is 90.2 Å². The van der Waals surface area contributed by atoms with Crippen molar-refractivity contribution in [1.29, 1.82) is 0 Å². The van der Waals surface area contributed by atoms with Crippen LogP contribution in [-0.4, -0.2) is 13.7 Å². The standard InChI is InChI=1S/C12H18FNO/c1-8(4-5-14)10-6-9(2)12(15-3)7-11(10)13/h6-8H,4-5,14H2,1-3H3. The number of halogens is 1. The van der Waals surface area contributed by atoms with E-state index in [0.717, 1.165) is 17.5 Å². The highest BCUT2D eigenvalue weighted by molar-refractivity contribution is 5.38. The zero-order chi connectivity index (χ0) is 11.4. The number of ether oxygens (including phenoxy) is 1. The largest absolute Gasteiger partial charge is 0.496 e. The maximum absolute atomic E-state index is 13.7. The van der Waals surface area contributed by atoms with E-state index in [4.69, 9.17) is 10.5 Å². The summed E-state index contributed by atoms with van der Waals surface area (Å²) in [5.74, 6) is 0.536. The molecular weight excluding hydrogens is 193 g/mol. The van der Waals surface area contributed by atoms with Crippen molar-refractivity contribution in [1.82, 2.24) is 0 Å². The van der Waals surface area contributed by atoms with E-state index in [0.29, 0.717) is 12.3 Å². The van der Waals surface area contributed by atoms with Crippen LogP contribution in [0.15, 0.2) is 12.1 Å². The van der Waals surface area contributed by atoms with Crippen LogP contribution in [0.3, 0.4) is 0 Å². The lowest BCUT2D eigenvalue weighted by atomic mass is 9.95. The molecular formula is C12H18FNO. The Morgan fingerprint density at radius 1 is 1.47 bits per heavy atom. The van der Waals surface area contributed by atoms with E-state index in [-0.39, 0.29) is 11.7 Å². The van der Waals surface area contributed by atoms with Gasteiger partial charge in [0.25, 0.3) is 0 Å². The highest BCUT2D eigenvalue weighted by atomic mass is 19.1. The second-order valence-electron chi connectivity index (χ2n) is 3.82. The molecule has 2 nitrogen and oxygen atoms in total. The van der Waals surface area contributed by atoms with Gasteiger partial charge in [0.05, 0.1) is 7.11 Å². The third-order valence-corrected chi connectivity index (χ3v) is 2.64. The van der Waals surface area contributed by atoms with E-state index in [1.54, 1.807) is 7.11 Å². The van der Waals surface area contributed by atoms with Gasteiger partial charge in [0.2, 0.25) is 0 Å². The first-order valence-electron chi connectivity index (χ1n) is 5.14. The zero-order valence-corrected chi connectivity index (χ0v) is 9.51. The molecule has 1 aromatic carbocycles. The van der Waals surface area contributed by atoms with Crippen molar-refractivity contribution < 1.29 is 9.13 Å². The molecule has 1 rings (SSSR count). The van der Waals surface area contributed by atoms with E-state index < -0.39 is 0 Å². The molecule has 1 aromatic rings. The summed E-state index contributed by atoms with van der Waals surface area (Å²) in [7, 11) is 1.55. The maximum atomic E-state index is 13.7. The van der Waals surface area contributed by atoms with Gasteiger partial charge in [0.15, 0.2) is 0 Å². The highest BCUT2D eigenvalue weighted by Crippen LogP contribution is 2.28. The van der Waals surface area contributed by atoms with Crippen molar-refractivity contribution >= 4 is 0 Å². The average Bonchev–Trinajstić information content (AvgIpc) is 2.21. The van der Waals surface area contributed by atoms with Crippen molar-refractivity contribution in [2.75, 3.05) is 13.7 Å². The second kappa shape index (κ2) is 5.12. The number of aryl methyl sites for hydroxylation is 1. The molecule has 0 aromatic heterocycles. The number of benzene rings is 1. The van der Waals surface area contributed by atoms with E-state index >= 15 is 0 Å². The van der Waals surface area contributed by atoms with Gasteiger partial charge in [-0.1, -0.05) is 6.92 Å². The molecule has 0 saturated heterocycles. The van der Waals surface area contributed by atoms with Gasteiger partial charge < -0.3 is 10.5 Å². The Balaban J connectivity index is 3.04. The molecule has 0 amide bonds. The predicted molar refractivity (Wildman–Crippen MR) is 59.8 cm³/mol. The highest BCUT2D eigenvalue weighted by Gasteiger charge is 2.13. The first-order chi connectivity index (χ1) is 7.10. The predicted octanol–water partition coefficient (Wildman–Crippen LogP) is 2.60. The number of methoxy groups -OCH3 is 1. The molecule has 2 N–H and O–H groups in total. The first-order valence-corrected chi connectivity index (χ1v) is 5.14. The van der Waals surface area contributed by atoms with Crippen molar-refractivity contribution in [2.45, 2.75) is 26.2 Å². The monoisotopic (exact) mass is 211 g/mol. The molecule has 0 aliphatic rings. The molecule has 0 fully saturated rings. The summed E-state index contributed by atoms with van der Waals surface area (Å²) in [5, 5.41) is 0. The molecule has 1 unspecified atom stereocenters. The van der Waals surface area contributed by atoms with Crippen LogP contribution in [0.25, 0.3) is 0 Å². The summed E-state index contributed by atoms with van der Waals surface area (Å²) in [6.45, 7) is 4.47. The van der Waals surface area contributed by atoms with E-state index in [1.807, 2.05) is 19.9 Å². The Hall–Kier alpha value is -1.09. The number of hydrogen-bond donors (Lipinski definition) is 1. The zero-order valence-electron chi connectivity index (χ0n) is 9.51. The Bertz CT molecular complexity index is 339. The third-order valence-electron chi connectivity index (χ3n) is 2.64. The molecule has 0 heterocycles.